The topological polar surface area (TPSA) is 94.8 Å². The van der Waals surface area contributed by atoms with Crippen LogP contribution in [-0.2, 0) is 16.0 Å². The van der Waals surface area contributed by atoms with Gasteiger partial charge >= 0.3 is 0 Å². The van der Waals surface area contributed by atoms with Gasteiger partial charge in [-0.3, -0.25) is 9.78 Å². The summed E-state index contributed by atoms with van der Waals surface area (Å²) in [4.78, 5) is 26.4. The molecule has 0 unspecified atom stereocenters. The molecule has 3 heterocycles. The fraction of sp³-hybridized carbons (Fsp3) is 0.423. The van der Waals surface area contributed by atoms with Crippen LogP contribution in [0.1, 0.15) is 38.9 Å². The molecule has 1 aliphatic rings. The van der Waals surface area contributed by atoms with Gasteiger partial charge in [-0.1, -0.05) is 6.07 Å². The third-order valence-electron chi connectivity index (χ3n) is 6.50. The maximum atomic E-state index is 12.5. The number of pyridine rings is 1. The van der Waals surface area contributed by atoms with E-state index in [2.05, 4.69) is 42.4 Å². The van der Waals surface area contributed by atoms with Crippen molar-refractivity contribution < 1.29 is 9.53 Å². The Bertz CT molecular complexity index is 1350. The Kier molecular flexibility index (Phi) is 7.06. The van der Waals surface area contributed by atoms with Crippen molar-refractivity contribution in [3.63, 3.8) is 0 Å². The van der Waals surface area contributed by atoms with Gasteiger partial charge in [0.25, 0.3) is 0 Å². The highest BCUT2D eigenvalue weighted by Gasteiger charge is 2.30. The molecule has 1 saturated carbocycles. The van der Waals surface area contributed by atoms with Gasteiger partial charge in [0.05, 0.1) is 29.3 Å². The molecule has 0 radical (unpaired) electrons. The van der Waals surface area contributed by atoms with E-state index in [1.807, 2.05) is 49.0 Å². The van der Waals surface area contributed by atoms with Gasteiger partial charge in [-0.15, -0.1) is 0 Å². The molecule has 4 aromatic rings. The molecular weight excluding hydrogens is 508 g/mol. The number of fused-ring (bicyclic) bond motifs is 2. The number of hydrogen-bond acceptors (Lipinski definition) is 6. The predicted octanol–water partition coefficient (Wildman–Crippen LogP) is 4.63. The van der Waals surface area contributed by atoms with Crippen LogP contribution in [0.25, 0.3) is 27.6 Å². The number of nitrogens with zero attached hydrogens (tertiary/aromatic N) is 5. The molecule has 2 atom stereocenters. The maximum absolute atomic E-state index is 12.5. The summed E-state index contributed by atoms with van der Waals surface area (Å²) >= 11 is 3.56. The molecule has 1 amide bonds. The van der Waals surface area contributed by atoms with E-state index in [0.717, 1.165) is 59.1 Å². The third kappa shape index (κ3) is 5.36. The van der Waals surface area contributed by atoms with Gasteiger partial charge in [-0.05, 0) is 79.2 Å². The highest BCUT2D eigenvalue weighted by Crippen LogP contribution is 2.33. The van der Waals surface area contributed by atoms with Gasteiger partial charge in [0, 0.05) is 36.7 Å². The minimum absolute atomic E-state index is 0.0497. The highest BCUT2D eigenvalue weighted by atomic mass is 79.9. The standard InChI is InChI=1S/C26H29BrN6O2/c1-16(2)35-11-10-29-26(34)19-6-5-17(12-19)13-23-30-15-21-24(27)32-33(25(21)31-23)20-7-8-22-18(14-20)4-3-9-28-22/h3-4,7-9,14-17,19H,5-6,10-13H2,1-2H3,(H,29,34)/t17-,19-/m1/s1. The Hall–Kier alpha value is -2.91. The van der Waals surface area contributed by atoms with Crippen LogP contribution in [-0.4, -0.2) is 49.9 Å². The Labute approximate surface area is 212 Å². The van der Waals surface area contributed by atoms with Gasteiger partial charge < -0.3 is 10.1 Å². The molecule has 5 rings (SSSR count). The summed E-state index contributed by atoms with van der Waals surface area (Å²) < 4.78 is 8.07. The van der Waals surface area contributed by atoms with Crippen molar-refractivity contribution in [1.82, 2.24) is 30.0 Å². The summed E-state index contributed by atoms with van der Waals surface area (Å²) in [6.07, 6.45) is 7.32. The zero-order valence-electron chi connectivity index (χ0n) is 19.9. The van der Waals surface area contributed by atoms with Crippen LogP contribution in [0.4, 0.5) is 0 Å². The second-order valence-corrected chi connectivity index (χ2v) is 10.1. The van der Waals surface area contributed by atoms with Crippen LogP contribution in [0.15, 0.2) is 47.3 Å². The molecule has 1 aromatic carbocycles. The molecule has 182 valence electrons. The molecule has 1 aliphatic carbocycles. The van der Waals surface area contributed by atoms with E-state index in [-0.39, 0.29) is 17.9 Å². The second kappa shape index (κ2) is 10.4. The first-order chi connectivity index (χ1) is 17.0. The number of nitrogens with one attached hydrogen (secondary N) is 1. The first kappa shape index (κ1) is 23.8. The lowest BCUT2D eigenvalue weighted by Gasteiger charge is -2.13. The smallest absolute Gasteiger partial charge is 0.223 e. The zero-order chi connectivity index (χ0) is 24.4. The Balaban J connectivity index is 1.29. The predicted molar refractivity (Wildman–Crippen MR) is 138 cm³/mol. The molecule has 0 spiro atoms. The van der Waals surface area contributed by atoms with Crippen LogP contribution in [0, 0.1) is 11.8 Å². The monoisotopic (exact) mass is 536 g/mol. The molecule has 1 fully saturated rings. The summed E-state index contributed by atoms with van der Waals surface area (Å²) in [5.74, 6) is 1.35. The van der Waals surface area contributed by atoms with Crippen molar-refractivity contribution >= 4 is 43.8 Å². The lowest BCUT2D eigenvalue weighted by Crippen LogP contribution is -2.32. The number of hydrogen-bond donors (Lipinski definition) is 1. The van der Waals surface area contributed by atoms with Crippen molar-refractivity contribution in [2.75, 3.05) is 13.2 Å². The van der Waals surface area contributed by atoms with Crippen molar-refractivity contribution in [3.05, 3.63) is 53.2 Å². The zero-order valence-corrected chi connectivity index (χ0v) is 21.5. The molecule has 0 aliphatic heterocycles. The van der Waals surface area contributed by atoms with Gasteiger partial charge in [0.15, 0.2) is 5.65 Å². The molecular formula is C26H29BrN6O2. The lowest BCUT2D eigenvalue weighted by molar-refractivity contribution is -0.125. The van der Waals surface area contributed by atoms with E-state index in [4.69, 9.17) is 9.72 Å². The van der Waals surface area contributed by atoms with Crippen molar-refractivity contribution in [2.24, 2.45) is 11.8 Å². The van der Waals surface area contributed by atoms with Crippen molar-refractivity contribution in [1.29, 1.82) is 0 Å². The Morgan fingerprint density at radius 3 is 3.00 bits per heavy atom. The summed E-state index contributed by atoms with van der Waals surface area (Å²) in [6.45, 7) is 5.09. The van der Waals surface area contributed by atoms with Gasteiger partial charge in [-0.2, -0.15) is 5.10 Å². The normalized spacial score (nSPS) is 18.1. The summed E-state index contributed by atoms with van der Waals surface area (Å²) in [5, 5.41) is 9.60. The molecule has 35 heavy (non-hydrogen) atoms. The minimum Gasteiger partial charge on any atom is -0.377 e. The van der Waals surface area contributed by atoms with Gasteiger partial charge in [0.2, 0.25) is 5.91 Å². The molecule has 9 heteroatoms. The fourth-order valence-electron chi connectivity index (χ4n) is 4.75. The van der Waals surface area contributed by atoms with Crippen LogP contribution < -0.4 is 5.32 Å². The average molecular weight is 537 g/mol. The molecule has 0 bridgehead atoms. The van der Waals surface area contributed by atoms with E-state index in [9.17, 15) is 4.79 Å². The first-order valence-electron chi connectivity index (χ1n) is 12.1. The van der Waals surface area contributed by atoms with E-state index in [0.29, 0.717) is 23.7 Å². The summed E-state index contributed by atoms with van der Waals surface area (Å²) in [6, 6.07) is 10.0. The van der Waals surface area contributed by atoms with Crippen LogP contribution in [0.3, 0.4) is 0 Å². The lowest BCUT2D eigenvalue weighted by atomic mass is 10.0. The molecule has 1 N–H and O–H groups in total. The highest BCUT2D eigenvalue weighted by molar-refractivity contribution is 9.10. The number of rotatable bonds is 8. The average Bonchev–Trinajstić information content (AvgIpc) is 3.45. The number of carbonyl (C=O) groups is 1. The summed E-state index contributed by atoms with van der Waals surface area (Å²) in [7, 11) is 0. The molecule has 8 nitrogen and oxygen atoms in total. The quantitative estimate of drug-likeness (QED) is 0.330. The molecule has 3 aromatic heterocycles. The number of benzene rings is 1. The summed E-state index contributed by atoms with van der Waals surface area (Å²) in [5.41, 5.74) is 2.63. The SMILES string of the molecule is CC(C)OCCNC(=O)[C@@H]1CC[C@@H](Cc2ncc3c(Br)nn(-c4ccc5ncccc5c4)c3n2)C1. The largest absolute Gasteiger partial charge is 0.377 e. The second-order valence-electron chi connectivity index (χ2n) is 9.40. The number of carbonyl (C=O) groups excluding carboxylic acids is 1. The van der Waals surface area contributed by atoms with Gasteiger partial charge in [0.1, 0.15) is 10.4 Å². The maximum Gasteiger partial charge on any atom is 0.223 e. The number of halogens is 1. The van der Waals surface area contributed by atoms with Crippen LogP contribution >= 0.6 is 15.9 Å². The first-order valence-corrected chi connectivity index (χ1v) is 12.9. The van der Waals surface area contributed by atoms with Gasteiger partial charge in [-0.25, -0.2) is 14.6 Å². The minimum atomic E-state index is 0.0497. The van der Waals surface area contributed by atoms with E-state index in [1.54, 1.807) is 6.20 Å². The number of aromatic nitrogens is 5. The Morgan fingerprint density at radius 1 is 1.26 bits per heavy atom. The van der Waals surface area contributed by atoms with E-state index < -0.39 is 0 Å². The van der Waals surface area contributed by atoms with E-state index >= 15 is 0 Å². The Morgan fingerprint density at radius 2 is 2.14 bits per heavy atom. The third-order valence-corrected chi connectivity index (χ3v) is 7.08. The van der Waals surface area contributed by atoms with E-state index in [1.165, 1.54) is 0 Å². The number of ether oxygens (including phenoxy) is 1. The van der Waals surface area contributed by atoms with Crippen molar-refractivity contribution in [2.45, 2.75) is 45.6 Å². The van der Waals surface area contributed by atoms with Crippen LogP contribution in [0.5, 0.6) is 0 Å². The number of amides is 1. The van der Waals surface area contributed by atoms with Crippen molar-refractivity contribution in [3.8, 4) is 5.69 Å². The van der Waals surface area contributed by atoms with Crippen LogP contribution in [0.2, 0.25) is 0 Å². The molecule has 0 saturated heterocycles. The fourth-order valence-corrected chi connectivity index (χ4v) is 5.19.